The summed E-state index contributed by atoms with van der Waals surface area (Å²) in [6.45, 7) is -0.824. The van der Waals surface area contributed by atoms with Crippen LogP contribution in [0.4, 0.5) is 0 Å². The van der Waals surface area contributed by atoms with Gasteiger partial charge in [0, 0.05) is 6.42 Å². The van der Waals surface area contributed by atoms with Crippen LogP contribution in [-0.2, 0) is 23.7 Å². The van der Waals surface area contributed by atoms with Crippen molar-refractivity contribution in [3.8, 4) is 0 Å². The number of rotatable bonds is 22. The van der Waals surface area contributed by atoms with Crippen LogP contribution in [0.1, 0.15) is 96.8 Å². The molecule has 16 nitrogen and oxygen atoms in total. The maximum Gasteiger partial charge on any atom is 0.372 e. The lowest BCUT2D eigenvalue weighted by Gasteiger charge is -2.43. The molecule has 0 aliphatic carbocycles. The highest BCUT2D eigenvalue weighted by atomic mass is 16.8. The Kier molecular flexibility index (Phi) is 17.1. The van der Waals surface area contributed by atoms with E-state index in [9.17, 15) is 61.0 Å². The molecule has 46 heavy (non-hydrogen) atoms. The van der Waals surface area contributed by atoms with Gasteiger partial charge in [0.25, 0.3) is 0 Å². The van der Waals surface area contributed by atoms with Crippen LogP contribution >= 0.6 is 0 Å². The summed E-state index contributed by atoms with van der Waals surface area (Å²) >= 11 is 0. The number of aliphatic hydroxyl groups is 11. The fourth-order valence-corrected chi connectivity index (χ4v) is 5.61. The van der Waals surface area contributed by atoms with Crippen LogP contribution in [0.5, 0.6) is 0 Å². The first-order valence-electron chi connectivity index (χ1n) is 16.4. The zero-order valence-electron chi connectivity index (χ0n) is 26.6. The SMILES string of the molecule is CCCCCCCCCCCCCCCC(O)(O)C(O)(O)C(=O)OC[C@@]1(O[C@H]2O[C@H](CO)[C@@H](O)[C@H](O)[C@H]2O)O[C@H](CO)[C@@H](O)[C@@H]1O. The molecule has 2 saturated heterocycles. The Morgan fingerprint density at radius 2 is 1.20 bits per heavy atom. The average Bonchev–Trinajstić information content (AvgIpc) is 3.26. The topological polar surface area (TPSA) is 277 Å². The highest BCUT2D eigenvalue weighted by molar-refractivity contribution is 5.78. The Hall–Kier alpha value is -1.09. The molecule has 0 aromatic heterocycles. The highest BCUT2D eigenvalue weighted by Gasteiger charge is 2.61. The maximum absolute atomic E-state index is 12.7. The van der Waals surface area contributed by atoms with Crippen LogP contribution < -0.4 is 0 Å². The van der Waals surface area contributed by atoms with E-state index < -0.39 is 98.6 Å². The predicted molar refractivity (Wildman–Crippen MR) is 157 cm³/mol. The van der Waals surface area contributed by atoms with Crippen LogP contribution in [0.15, 0.2) is 0 Å². The molecule has 0 aromatic carbocycles. The van der Waals surface area contributed by atoms with Gasteiger partial charge in [0.05, 0.1) is 13.2 Å². The second-order valence-corrected chi connectivity index (χ2v) is 12.5. The van der Waals surface area contributed by atoms with Gasteiger partial charge in [0.2, 0.25) is 11.6 Å². The molecule has 11 N–H and O–H groups in total. The monoisotopic (exact) mass is 672 g/mol. The summed E-state index contributed by atoms with van der Waals surface area (Å²) in [4.78, 5) is 12.7. The average molecular weight is 673 g/mol. The van der Waals surface area contributed by atoms with Gasteiger partial charge in [-0.05, 0) is 6.42 Å². The van der Waals surface area contributed by atoms with Gasteiger partial charge in [-0.3, -0.25) is 0 Å². The first-order chi connectivity index (χ1) is 21.7. The Morgan fingerprint density at radius 3 is 1.67 bits per heavy atom. The molecule has 16 heteroatoms. The molecular weight excluding hydrogens is 616 g/mol. The van der Waals surface area contributed by atoms with E-state index in [0.717, 1.165) is 25.7 Å². The van der Waals surface area contributed by atoms with E-state index in [0.29, 0.717) is 6.42 Å². The zero-order chi connectivity index (χ0) is 34.5. The summed E-state index contributed by atoms with van der Waals surface area (Å²) < 4.78 is 20.9. The van der Waals surface area contributed by atoms with E-state index in [1.165, 1.54) is 44.9 Å². The molecular formula is C30H56O16. The molecule has 2 heterocycles. The Bertz CT molecular complexity index is 872. The first kappa shape index (κ1) is 41.1. The van der Waals surface area contributed by atoms with E-state index in [1.54, 1.807) is 0 Å². The molecule has 0 radical (unpaired) electrons. The number of aliphatic hydroxyl groups excluding tert-OH is 7. The summed E-state index contributed by atoms with van der Waals surface area (Å²) in [5, 5.41) is 112. The largest absolute Gasteiger partial charge is 0.456 e. The molecule has 0 unspecified atom stereocenters. The van der Waals surface area contributed by atoms with Crippen molar-refractivity contribution in [2.45, 2.75) is 163 Å². The molecule has 2 aliphatic heterocycles. The van der Waals surface area contributed by atoms with Crippen LogP contribution in [0.2, 0.25) is 0 Å². The Morgan fingerprint density at radius 1 is 0.696 bits per heavy atom. The Balaban J connectivity index is 1.91. The van der Waals surface area contributed by atoms with Gasteiger partial charge in [-0.15, -0.1) is 0 Å². The summed E-state index contributed by atoms with van der Waals surface area (Å²) in [5.74, 6) is -11.9. The molecule has 2 rings (SSSR count). The van der Waals surface area contributed by atoms with Crippen molar-refractivity contribution in [3.63, 3.8) is 0 Å². The number of unbranched alkanes of at least 4 members (excludes halogenated alkanes) is 12. The van der Waals surface area contributed by atoms with E-state index in [-0.39, 0.29) is 6.42 Å². The molecule has 9 atom stereocenters. The summed E-state index contributed by atoms with van der Waals surface area (Å²) in [7, 11) is 0. The molecule has 0 saturated carbocycles. The Labute approximate surface area is 269 Å². The van der Waals surface area contributed by atoms with E-state index in [1.807, 2.05) is 0 Å². The lowest BCUT2D eigenvalue weighted by Crippen LogP contribution is -2.64. The number of ether oxygens (including phenoxy) is 4. The standard InChI is InChI=1S/C30H56O16/c1-2-3-4-5-6-7-8-9-10-11-12-13-14-15-29(39,40)30(41,42)27(38)43-18-28(25(37)22(34)20(17-32)45-28)46-26-24(36)23(35)21(33)19(16-31)44-26/h19-26,31-37,39-42H,2-18H2,1H3/t19-,20-,21-,22-,23+,24-,25+,26-,28+/m1/s1. The third-order valence-corrected chi connectivity index (χ3v) is 8.73. The molecule has 0 amide bonds. The third-order valence-electron chi connectivity index (χ3n) is 8.73. The molecule has 2 aliphatic rings. The molecule has 0 aromatic rings. The van der Waals surface area contributed by atoms with Crippen molar-refractivity contribution in [2.24, 2.45) is 0 Å². The second kappa shape index (κ2) is 19.2. The fraction of sp³-hybridized carbons (Fsp3) is 0.967. The lowest BCUT2D eigenvalue weighted by molar-refractivity contribution is -0.387. The van der Waals surface area contributed by atoms with Gasteiger partial charge in [-0.2, -0.15) is 0 Å². The van der Waals surface area contributed by atoms with Crippen molar-refractivity contribution in [2.75, 3.05) is 19.8 Å². The van der Waals surface area contributed by atoms with Crippen molar-refractivity contribution in [1.29, 1.82) is 0 Å². The van der Waals surface area contributed by atoms with Gasteiger partial charge < -0.3 is 75.1 Å². The number of hydrogen-bond donors (Lipinski definition) is 11. The second-order valence-electron chi connectivity index (χ2n) is 12.5. The van der Waals surface area contributed by atoms with E-state index in [2.05, 4.69) is 6.92 Å². The van der Waals surface area contributed by atoms with Crippen molar-refractivity contribution < 1.29 is 79.9 Å². The summed E-state index contributed by atoms with van der Waals surface area (Å²) in [6, 6.07) is 0. The number of esters is 1. The number of carbonyl (C=O) groups is 1. The van der Waals surface area contributed by atoms with Crippen molar-refractivity contribution >= 4 is 5.97 Å². The summed E-state index contributed by atoms with van der Waals surface area (Å²) in [6.07, 6.45) is -2.18. The molecule has 0 spiro atoms. The van der Waals surface area contributed by atoms with Gasteiger partial charge in [-0.25, -0.2) is 4.79 Å². The molecule has 2 fully saturated rings. The van der Waals surface area contributed by atoms with E-state index in [4.69, 9.17) is 18.9 Å². The minimum Gasteiger partial charge on any atom is -0.456 e. The fourth-order valence-electron chi connectivity index (χ4n) is 5.61. The van der Waals surface area contributed by atoms with Crippen molar-refractivity contribution in [1.82, 2.24) is 0 Å². The maximum atomic E-state index is 12.7. The van der Waals surface area contributed by atoms with E-state index >= 15 is 0 Å². The number of hydrogen-bond acceptors (Lipinski definition) is 16. The predicted octanol–water partition coefficient (Wildman–Crippen LogP) is -2.00. The molecule has 0 bridgehead atoms. The quantitative estimate of drug-likeness (QED) is 0.0337. The van der Waals surface area contributed by atoms with Gasteiger partial charge in [-0.1, -0.05) is 84.0 Å². The van der Waals surface area contributed by atoms with Gasteiger partial charge in [0.1, 0.15) is 49.3 Å². The number of carbonyl (C=O) groups excluding carboxylic acids is 1. The minimum atomic E-state index is -3.87. The smallest absolute Gasteiger partial charge is 0.372 e. The van der Waals surface area contributed by atoms with Gasteiger partial charge in [0.15, 0.2) is 6.29 Å². The normalized spacial score (nSPS) is 32.2. The highest BCUT2D eigenvalue weighted by Crippen LogP contribution is 2.37. The van der Waals surface area contributed by atoms with Crippen LogP contribution in [0.25, 0.3) is 0 Å². The van der Waals surface area contributed by atoms with Crippen LogP contribution in [0, 0.1) is 0 Å². The lowest BCUT2D eigenvalue weighted by atomic mass is 9.97. The third kappa shape index (κ3) is 10.7. The van der Waals surface area contributed by atoms with Crippen LogP contribution in [-0.4, -0.2) is 148 Å². The molecule has 272 valence electrons. The van der Waals surface area contributed by atoms with Crippen LogP contribution in [0.3, 0.4) is 0 Å². The van der Waals surface area contributed by atoms with Crippen molar-refractivity contribution in [3.05, 3.63) is 0 Å². The first-order valence-corrected chi connectivity index (χ1v) is 16.4. The zero-order valence-corrected chi connectivity index (χ0v) is 26.6. The minimum absolute atomic E-state index is 0.136. The van der Waals surface area contributed by atoms with Gasteiger partial charge >= 0.3 is 11.8 Å². The summed E-state index contributed by atoms with van der Waals surface area (Å²) in [5.41, 5.74) is 0.